The van der Waals surface area contributed by atoms with Crippen LogP contribution in [-0.2, 0) is 6.54 Å². The Kier molecular flexibility index (Phi) is 6.45. The van der Waals surface area contributed by atoms with Crippen LogP contribution in [0, 0.1) is 17.2 Å². The molecule has 0 N–H and O–H groups in total. The van der Waals surface area contributed by atoms with Crippen molar-refractivity contribution in [2.75, 3.05) is 0 Å². The summed E-state index contributed by atoms with van der Waals surface area (Å²) in [5.74, 6) is 0.402. The minimum Gasteiger partial charge on any atom is -0.308 e. The van der Waals surface area contributed by atoms with Gasteiger partial charge in [-0.15, -0.1) is 11.3 Å². The first kappa shape index (κ1) is 27.6. The Hall–Kier alpha value is -5.70. The van der Waals surface area contributed by atoms with Crippen LogP contribution in [0.3, 0.4) is 0 Å². The van der Waals surface area contributed by atoms with E-state index in [0.29, 0.717) is 18.0 Å². The van der Waals surface area contributed by atoms with Crippen LogP contribution in [0.2, 0.25) is 0 Å². The second-order valence-electron chi connectivity index (χ2n) is 12.4. The summed E-state index contributed by atoms with van der Waals surface area (Å²) >= 11 is 1.88. The van der Waals surface area contributed by atoms with Crippen molar-refractivity contribution >= 4 is 58.9 Å². The van der Waals surface area contributed by atoms with E-state index in [1.54, 1.807) is 0 Å². The molecule has 0 aliphatic heterocycles. The molecule has 5 aromatic carbocycles. The Morgan fingerprint density at radius 1 is 0.830 bits per heavy atom. The van der Waals surface area contributed by atoms with Gasteiger partial charge in [-0.3, -0.25) is 4.68 Å². The van der Waals surface area contributed by atoms with E-state index < -0.39 is 0 Å². The van der Waals surface area contributed by atoms with E-state index in [0.717, 1.165) is 29.1 Å². The number of hydrogen-bond acceptors (Lipinski definition) is 3. The van der Waals surface area contributed by atoms with Crippen molar-refractivity contribution in [2.45, 2.75) is 19.9 Å². The van der Waals surface area contributed by atoms with Crippen molar-refractivity contribution in [2.24, 2.45) is 5.92 Å². The monoisotopic (exact) mass is 622 g/mol. The van der Waals surface area contributed by atoms with Crippen LogP contribution in [0.25, 0.3) is 64.5 Å². The highest BCUT2D eigenvalue weighted by Crippen LogP contribution is 2.43. The lowest BCUT2D eigenvalue weighted by molar-refractivity contribution is 0.682. The van der Waals surface area contributed by atoms with Gasteiger partial charge in [-0.25, -0.2) is 0 Å². The molecule has 9 rings (SSSR count). The zero-order chi connectivity index (χ0) is 31.5. The normalized spacial score (nSPS) is 14.7. The van der Waals surface area contributed by atoms with Crippen LogP contribution < -0.4 is 0 Å². The molecule has 5 heteroatoms. The Labute approximate surface area is 276 Å². The SMILES string of the molecule is CC1CC=CC=C1c1cc(-c2cccc(C#N)c2)n(Cc2ccc(-n3c4ccccc4c4ccc5c6ccccc6sc5c43)cc2)n1. The molecule has 1 aliphatic rings. The first-order valence-corrected chi connectivity index (χ1v) is 16.9. The summed E-state index contributed by atoms with van der Waals surface area (Å²) in [6.45, 7) is 2.88. The Balaban J connectivity index is 1.16. The summed E-state index contributed by atoms with van der Waals surface area (Å²) in [6.07, 6.45) is 7.54. The largest absolute Gasteiger partial charge is 0.308 e. The van der Waals surface area contributed by atoms with Gasteiger partial charge in [0.1, 0.15) is 0 Å². The van der Waals surface area contributed by atoms with Gasteiger partial charge in [0, 0.05) is 37.5 Å². The van der Waals surface area contributed by atoms with E-state index >= 15 is 0 Å². The topological polar surface area (TPSA) is 46.5 Å². The van der Waals surface area contributed by atoms with Gasteiger partial charge in [0.15, 0.2) is 0 Å². The van der Waals surface area contributed by atoms with Crippen molar-refractivity contribution in [3.05, 3.63) is 150 Å². The molecule has 0 spiro atoms. The molecule has 47 heavy (non-hydrogen) atoms. The van der Waals surface area contributed by atoms with Crippen LogP contribution in [0.1, 0.15) is 30.2 Å². The first-order chi connectivity index (χ1) is 23.2. The zero-order valence-corrected chi connectivity index (χ0v) is 26.7. The average molecular weight is 623 g/mol. The smallest absolute Gasteiger partial charge is 0.0991 e. The maximum Gasteiger partial charge on any atom is 0.0991 e. The number of para-hydroxylation sites is 1. The first-order valence-electron chi connectivity index (χ1n) is 16.0. The van der Waals surface area contributed by atoms with Gasteiger partial charge in [-0.1, -0.05) is 97.9 Å². The predicted octanol–water partition coefficient (Wildman–Crippen LogP) is 10.9. The summed E-state index contributed by atoms with van der Waals surface area (Å²) in [5.41, 5.74) is 9.67. The maximum atomic E-state index is 9.60. The molecule has 0 saturated heterocycles. The molecule has 0 bridgehead atoms. The molecule has 8 aromatic rings. The van der Waals surface area contributed by atoms with Gasteiger partial charge in [0.05, 0.1) is 45.3 Å². The third-order valence-electron chi connectivity index (χ3n) is 9.50. The highest BCUT2D eigenvalue weighted by atomic mass is 32.1. The van der Waals surface area contributed by atoms with Gasteiger partial charge in [-0.05, 0) is 65.9 Å². The Morgan fingerprint density at radius 3 is 2.49 bits per heavy atom. The average Bonchev–Trinajstić information content (AvgIpc) is 3.81. The highest BCUT2D eigenvalue weighted by Gasteiger charge is 2.20. The summed E-state index contributed by atoms with van der Waals surface area (Å²) in [6, 6.07) is 43.2. The quantitative estimate of drug-likeness (QED) is 0.192. The Morgan fingerprint density at radius 2 is 1.64 bits per heavy atom. The molecular formula is C42H30N4S. The number of rotatable bonds is 5. The van der Waals surface area contributed by atoms with Crippen molar-refractivity contribution in [3.63, 3.8) is 0 Å². The fraction of sp³-hybridized carbons (Fsp3) is 0.0952. The second kappa shape index (κ2) is 11.0. The number of aromatic nitrogens is 3. The van der Waals surface area contributed by atoms with Gasteiger partial charge < -0.3 is 4.57 Å². The standard InChI is InChI=1S/C42H30N4S/c1-27-9-2-3-12-32(27)37-24-39(30-11-8-10-29(23-30)25-43)45(44-37)26-28-17-19-31(20-18-28)46-38-15-6-4-13-33(38)35-21-22-36-34-14-5-7-16-40(34)47-42(36)41(35)46/h2-8,10-24,27H,9,26H2,1H3. The molecule has 0 amide bonds. The maximum absolute atomic E-state index is 9.60. The van der Waals surface area contributed by atoms with E-state index in [4.69, 9.17) is 5.10 Å². The van der Waals surface area contributed by atoms with Crippen LogP contribution in [0.5, 0.6) is 0 Å². The van der Waals surface area contributed by atoms with Crippen molar-refractivity contribution < 1.29 is 0 Å². The van der Waals surface area contributed by atoms with Crippen LogP contribution in [0.15, 0.2) is 133 Å². The number of hydrogen-bond donors (Lipinski definition) is 0. The molecule has 3 heterocycles. The van der Waals surface area contributed by atoms with Crippen LogP contribution >= 0.6 is 11.3 Å². The molecule has 0 fully saturated rings. The minimum atomic E-state index is 0.402. The summed E-state index contributed by atoms with van der Waals surface area (Å²) in [5, 5.41) is 19.9. The molecule has 1 aliphatic carbocycles. The van der Waals surface area contributed by atoms with Gasteiger partial charge in [0.2, 0.25) is 0 Å². The van der Waals surface area contributed by atoms with E-state index in [1.165, 1.54) is 53.1 Å². The molecule has 4 nitrogen and oxygen atoms in total. The molecule has 224 valence electrons. The summed E-state index contributed by atoms with van der Waals surface area (Å²) in [7, 11) is 0. The summed E-state index contributed by atoms with van der Waals surface area (Å²) < 4.78 is 7.15. The van der Waals surface area contributed by atoms with Crippen LogP contribution in [-0.4, -0.2) is 14.3 Å². The number of allylic oxidation sites excluding steroid dienone is 4. The molecule has 3 aromatic heterocycles. The third-order valence-corrected chi connectivity index (χ3v) is 10.7. The number of nitriles is 1. The van der Waals surface area contributed by atoms with Gasteiger partial charge in [0.25, 0.3) is 0 Å². The number of nitrogens with zero attached hydrogens (tertiary/aromatic N) is 4. The second-order valence-corrected chi connectivity index (χ2v) is 13.5. The van der Waals surface area contributed by atoms with Crippen molar-refractivity contribution in [1.82, 2.24) is 14.3 Å². The number of benzene rings is 5. The zero-order valence-electron chi connectivity index (χ0n) is 25.9. The molecule has 0 radical (unpaired) electrons. The van der Waals surface area contributed by atoms with Crippen molar-refractivity contribution in [3.8, 4) is 23.0 Å². The highest BCUT2D eigenvalue weighted by molar-refractivity contribution is 7.26. The van der Waals surface area contributed by atoms with E-state index in [2.05, 4.69) is 138 Å². The Bertz CT molecular complexity index is 2600. The lowest BCUT2D eigenvalue weighted by Gasteiger charge is -2.14. The number of fused-ring (bicyclic) bond motifs is 7. The van der Waals surface area contributed by atoms with Gasteiger partial charge in [-0.2, -0.15) is 10.4 Å². The van der Waals surface area contributed by atoms with Crippen molar-refractivity contribution in [1.29, 1.82) is 5.26 Å². The van der Waals surface area contributed by atoms with E-state index in [9.17, 15) is 5.26 Å². The fourth-order valence-corrected chi connectivity index (χ4v) is 8.41. The van der Waals surface area contributed by atoms with Gasteiger partial charge >= 0.3 is 0 Å². The lowest BCUT2D eigenvalue weighted by Crippen LogP contribution is -2.06. The lowest BCUT2D eigenvalue weighted by atomic mass is 9.91. The molecule has 0 saturated carbocycles. The molecular weight excluding hydrogens is 593 g/mol. The molecule has 1 unspecified atom stereocenters. The summed E-state index contributed by atoms with van der Waals surface area (Å²) in [4.78, 5) is 0. The number of thiophene rings is 1. The molecule has 1 atom stereocenters. The van der Waals surface area contributed by atoms with E-state index in [-0.39, 0.29) is 0 Å². The predicted molar refractivity (Wildman–Crippen MR) is 196 cm³/mol. The fourth-order valence-electron chi connectivity index (χ4n) is 7.16. The van der Waals surface area contributed by atoms with E-state index in [1.807, 2.05) is 29.5 Å². The van der Waals surface area contributed by atoms with Crippen LogP contribution in [0.4, 0.5) is 0 Å². The third kappa shape index (κ3) is 4.52. The minimum absolute atomic E-state index is 0.402.